The second kappa shape index (κ2) is 12.3. The maximum Gasteiger partial charge on any atom is 0.164 e. The first-order valence-corrected chi connectivity index (χ1v) is 21.0. The van der Waals surface area contributed by atoms with Gasteiger partial charge in [0.1, 0.15) is 19.2 Å². The number of para-hydroxylation sites is 2. The van der Waals surface area contributed by atoms with E-state index in [0.717, 1.165) is 55.4 Å². The van der Waals surface area contributed by atoms with Crippen molar-refractivity contribution in [1.29, 1.82) is 0 Å². The number of rotatable bonds is 5. The molecule has 0 saturated carbocycles. The van der Waals surface area contributed by atoms with Gasteiger partial charge in [-0.3, -0.25) is 0 Å². The fourth-order valence-corrected chi connectivity index (χ4v) is 10.8. The Bertz CT molecular complexity index is 2760. The molecule has 3 heterocycles. The number of nitrogens with zero attached hydrogens (tertiary/aromatic N) is 4. The normalized spacial score (nSPS) is 13.2. The van der Waals surface area contributed by atoms with Crippen LogP contribution in [0.25, 0.3) is 67.2 Å². The molecule has 53 heavy (non-hydrogen) atoms. The molecule has 9 aromatic rings. The Balaban J connectivity index is 1.12. The van der Waals surface area contributed by atoms with Crippen LogP contribution in [0.3, 0.4) is 0 Å². The lowest BCUT2D eigenvalue weighted by Crippen LogP contribution is -2.58. The number of hydrogen-bond acceptors (Lipinski definition) is 5. The number of anilines is 3. The summed E-state index contributed by atoms with van der Waals surface area (Å²) in [5, 5.41) is 5.03. The second-order valence-electron chi connectivity index (χ2n) is 14.1. The molecule has 0 unspecified atom stereocenters. The largest absolute Gasteiger partial charge is 0.456 e. The van der Waals surface area contributed by atoms with Gasteiger partial charge in [0, 0.05) is 44.5 Å². The van der Waals surface area contributed by atoms with Crippen LogP contribution in [0.15, 0.2) is 174 Å². The van der Waals surface area contributed by atoms with Crippen molar-refractivity contribution in [2.24, 2.45) is 0 Å². The van der Waals surface area contributed by atoms with Gasteiger partial charge in [0.25, 0.3) is 0 Å². The van der Waals surface area contributed by atoms with E-state index < -0.39 is 8.07 Å². The quantitative estimate of drug-likeness (QED) is 0.168. The van der Waals surface area contributed by atoms with Gasteiger partial charge in [0.15, 0.2) is 17.5 Å². The highest BCUT2D eigenvalue weighted by atomic mass is 28.3. The van der Waals surface area contributed by atoms with Crippen molar-refractivity contribution in [3.8, 4) is 45.3 Å². The molecule has 0 N–H and O–H groups in total. The Morgan fingerprint density at radius 2 is 1.04 bits per heavy atom. The smallest absolute Gasteiger partial charge is 0.164 e. The summed E-state index contributed by atoms with van der Waals surface area (Å²) in [6.45, 7) is 4.93. The summed E-state index contributed by atoms with van der Waals surface area (Å²) in [6.07, 6.45) is 0. The molecule has 252 valence electrons. The van der Waals surface area contributed by atoms with Crippen LogP contribution in [0.5, 0.6) is 0 Å². The van der Waals surface area contributed by atoms with Gasteiger partial charge in [0.2, 0.25) is 0 Å². The maximum atomic E-state index is 6.61. The van der Waals surface area contributed by atoms with Crippen LogP contribution < -0.4 is 15.3 Å². The Hall–Kier alpha value is -6.63. The molecular weight excluding hydrogens is 665 g/mol. The van der Waals surface area contributed by atoms with Crippen LogP contribution in [-0.2, 0) is 0 Å². The fraction of sp³-hybridized carbons (Fsp3) is 0.0426. The van der Waals surface area contributed by atoms with E-state index in [0.29, 0.717) is 17.5 Å². The monoisotopic (exact) mass is 698 g/mol. The third-order valence-electron chi connectivity index (χ3n) is 10.5. The van der Waals surface area contributed by atoms with Gasteiger partial charge in [-0.25, -0.2) is 15.0 Å². The summed E-state index contributed by atoms with van der Waals surface area (Å²) >= 11 is 0. The molecule has 0 bridgehead atoms. The number of fused-ring (bicyclic) bond motifs is 5. The van der Waals surface area contributed by atoms with Crippen molar-refractivity contribution < 1.29 is 4.42 Å². The van der Waals surface area contributed by atoms with E-state index in [4.69, 9.17) is 19.4 Å². The summed E-state index contributed by atoms with van der Waals surface area (Å²) in [4.78, 5) is 17.2. The SMILES string of the molecule is C[Si]1(C)c2ccccc2N(c2ccccc2)c2cc(-c3cccc4oc5cc(-c6nc(-c7ccccc7)nc(-c7ccccc7)n6)ccc5c34)ccc21. The van der Waals surface area contributed by atoms with Crippen LogP contribution in [0, 0.1) is 0 Å². The van der Waals surface area contributed by atoms with Gasteiger partial charge in [-0.1, -0.05) is 140 Å². The minimum absolute atomic E-state index is 0.600. The van der Waals surface area contributed by atoms with Crippen molar-refractivity contribution in [3.05, 3.63) is 170 Å². The van der Waals surface area contributed by atoms with Crippen molar-refractivity contribution >= 4 is 57.4 Å². The lowest BCUT2D eigenvalue weighted by Gasteiger charge is -2.41. The van der Waals surface area contributed by atoms with Gasteiger partial charge in [0.05, 0.1) is 0 Å². The summed E-state index contributed by atoms with van der Waals surface area (Å²) < 4.78 is 6.61. The highest BCUT2D eigenvalue weighted by Gasteiger charge is 2.38. The van der Waals surface area contributed by atoms with Crippen molar-refractivity contribution in [2.75, 3.05) is 4.90 Å². The van der Waals surface area contributed by atoms with E-state index in [-0.39, 0.29) is 0 Å². The summed E-state index contributed by atoms with van der Waals surface area (Å²) in [5.74, 6) is 1.86. The van der Waals surface area contributed by atoms with Crippen molar-refractivity contribution in [3.63, 3.8) is 0 Å². The van der Waals surface area contributed by atoms with E-state index in [1.807, 2.05) is 60.7 Å². The molecular formula is C47H34N4OSi. The lowest BCUT2D eigenvalue weighted by molar-refractivity contribution is 0.669. The van der Waals surface area contributed by atoms with E-state index in [1.165, 1.54) is 21.7 Å². The molecule has 10 rings (SSSR count). The standard InChI is InChI=1S/C47H34N4OSi/c1-53(2)42-24-13-12-22-38(42)51(35-19-10-5-11-20-35)39-29-33(26-28-43(39)53)36-21-14-23-40-44(36)37-27-25-34(30-41(37)52-40)47-49-45(31-15-6-3-7-16-31)48-46(50-47)32-17-8-4-9-18-32/h3-30H,1-2H3. The predicted octanol–water partition coefficient (Wildman–Crippen LogP) is 11.0. The molecule has 5 nitrogen and oxygen atoms in total. The lowest BCUT2D eigenvalue weighted by atomic mass is 9.98. The highest BCUT2D eigenvalue weighted by molar-refractivity contribution is 7.02. The van der Waals surface area contributed by atoms with E-state index in [1.54, 1.807) is 0 Å². The molecule has 7 aromatic carbocycles. The molecule has 0 saturated heterocycles. The highest BCUT2D eigenvalue weighted by Crippen LogP contribution is 2.43. The minimum atomic E-state index is -1.98. The summed E-state index contributed by atoms with van der Waals surface area (Å²) in [6, 6.07) is 59.5. The Labute approximate surface area is 308 Å². The fourth-order valence-electron chi connectivity index (χ4n) is 7.88. The van der Waals surface area contributed by atoms with Crippen molar-refractivity contribution in [1.82, 2.24) is 15.0 Å². The van der Waals surface area contributed by atoms with Crippen molar-refractivity contribution in [2.45, 2.75) is 13.1 Å². The minimum Gasteiger partial charge on any atom is -0.456 e. The Morgan fingerprint density at radius 1 is 0.453 bits per heavy atom. The maximum absolute atomic E-state index is 6.61. The molecule has 0 atom stereocenters. The van der Waals surface area contributed by atoms with Crippen LogP contribution in [0.1, 0.15) is 0 Å². The first kappa shape index (κ1) is 31.1. The molecule has 0 fully saturated rings. The topological polar surface area (TPSA) is 55.1 Å². The molecule has 6 heteroatoms. The van der Waals surface area contributed by atoms with Crippen LogP contribution in [0.4, 0.5) is 17.1 Å². The summed E-state index contributed by atoms with van der Waals surface area (Å²) in [5.41, 5.74) is 10.3. The molecule has 0 aliphatic carbocycles. The Morgan fingerprint density at radius 3 is 1.74 bits per heavy atom. The first-order valence-electron chi connectivity index (χ1n) is 18.0. The molecule has 0 amide bonds. The van der Waals surface area contributed by atoms with E-state index in [2.05, 4.69) is 127 Å². The van der Waals surface area contributed by atoms with E-state index in [9.17, 15) is 0 Å². The molecule has 2 aromatic heterocycles. The first-order chi connectivity index (χ1) is 26.0. The molecule has 0 radical (unpaired) electrons. The van der Waals surface area contributed by atoms with E-state index >= 15 is 0 Å². The zero-order valence-corrected chi connectivity index (χ0v) is 30.4. The third-order valence-corrected chi connectivity index (χ3v) is 14.0. The van der Waals surface area contributed by atoms with Gasteiger partial charge in [-0.2, -0.15) is 0 Å². The zero-order chi connectivity index (χ0) is 35.5. The van der Waals surface area contributed by atoms with Gasteiger partial charge in [-0.05, 0) is 64.0 Å². The average molecular weight is 699 g/mol. The van der Waals surface area contributed by atoms with Gasteiger partial charge < -0.3 is 9.32 Å². The van der Waals surface area contributed by atoms with Gasteiger partial charge in [-0.15, -0.1) is 0 Å². The second-order valence-corrected chi connectivity index (χ2v) is 18.4. The number of benzene rings is 7. The molecule has 1 aliphatic rings. The molecule has 1 aliphatic heterocycles. The zero-order valence-electron chi connectivity index (χ0n) is 29.4. The average Bonchev–Trinajstić information content (AvgIpc) is 3.60. The number of aromatic nitrogens is 3. The van der Waals surface area contributed by atoms with Crippen LogP contribution in [0.2, 0.25) is 13.1 Å². The number of hydrogen-bond donors (Lipinski definition) is 0. The predicted molar refractivity (Wildman–Crippen MR) is 220 cm³/mol. The molecule has 0 spiro atoms. The Kier molecular flexibility index (Phi) is 7.20. The van der Waals surface area contributed by atoms with Crippen LogP contribution >= 0.6 is 0 Å². The summed E-state index contributed by atoms with van der Waals surface area (Å²) in [7, 11) is -1.98. The third kappa shape index (κ3) is 5.18. The van der Waals surface area contributed by atoms with Crippen LogP contribution in [-0.4, -0.2) is 23.0 Å². The number of furan rings is 1. The van der Waals surface area contributed by atoms with Gasteiger partial charge >= 0.3 is 0 Å².